The monoisotopic (exact) mass is 458 g/mol. The van der Waals surface area contributed by atoms with Crippen LogP contribution in [0.25, 0.3) is 6.08 Å². The first-order valence-corrected chi connectivity index (χ1v) is 11.7. The first-order chi connectivity index (χ1) is 15.3. The standard InChI is InChI=1S/C27H38O6/c1-16-14-20(23-22(15-16)31-27(7,8)33-25(23)29)10-9-11-21-24(32-26(5,6)30-21)18(3)13-12-17(2)19(4)28/h9-10,12-15,17-19,21,24,28H,11H2,1-8H3/b10-9+,13-12-/t17-,18?,19+,21+,24-/m1/s1. The van der Waals surface area contributed by atoms with Crippen LogP contribution in [0, 0.1) is 18.8 Å². The van der Waals surface area contributed by atoms with E-state index in [2.05, 4.69) is 13.0 Å². The van der Waals surface area contributed by atoms with Crippen molar-refractivity contribution in [1.82, 2.24) is 0 Å². The third kappa shape index (κ3) is 6.25. The van der Waals surface area contributed by atoms with Crippen LogP contribution in [0.3, 0.4) is 0 Å². The molecule has 1 aromatic rings. The highest BCUT2D eigenvalue weighted by molar-refractivity contribution is 5.97. The SMILES string of the molecule is Cc1cc(/C=C/C[C@@H]2OC(C)(C)O[C@@H]2C(C)/C=C\[C@@H](C)[C@H](C)O)c2c(c1)OC(C)(C)OC2=O. The number of fused-ring (bicyclic) bond motifs is 1. The second-order valence-electron chi connectivity index (χ2n) is 10.2. The van der Waals surface area contributed by atoms with E-state index < -0.39 is 17.7 Å². The molecule has 182 valence electrons. The van der Waals surface area contributed by atoms with Gasteiger partial charge in [-0.3, -0.25) is 0 Å². The molecule has 2 aliphatic heterocycles. The molecule has 0 amide bonds. The van der Waals surface area contributed by atoms with Crippen LogP contribution >= 0.6 is 0 Å². The molecule has 0 bridgehead atoms. The summed E-state index contributed by atoms with van der Waals surface area (Å²) in [5.74, 6) is -1.31. The molecular weight excluding hydrogens is 420 g/mol. The molecule has 0 aliphatic carbocycles. The van der Waals surface area contributed by atoms with Crippen molar-refractivity contribution in [2.24, 2.45) is 11.8 Å². The Labute approximate surface area is 197 Å². The van der Waals surface area contributed by atoms with Crippen molar-refractivity contribution in [2.75, 3.05) is 0 Å². The Morgan fingerprint density at radius 3 is 2.39 bits per heavy atom. The molecule has 2 heterocycles. The lowest BCUT2D eigenvalue weighted by molar-refractivity contribution is -0.148. The van der Waals surface area contributed by atoms with Crippen molar-refractivity contribution in [3.05, 3.63) is 47.1 Å². The number of carbonyl (C=O) groups excluding carboxylic acids is 1. The lowest BCUT2D eigenvalue weighted by Gasteiger charge is -2.32. The minimum absolute atomic E-state index is 0.0700. The van der Waals surface area contributed by atoms with Gasteiger partial charge in [0.15, 0.2) is 5.79 Å². The van der Waals surface area contributed by atoms with Crippen molar-refractivity contribution < 1.29 is 28.8 Å². The summed E-state index contributed by atoms with van der Waals surface area (Å²) in [5, 5.41) is 9.75. The van der Waals surface area contributed by atoms with E-state index in [0.717, 1.165) is 11.1 Å². The number of aliphatic hydroxyl groups is 1. The van der Waals surface area contributed by atoms with Gasteiger partial charge in [-0.25, -0.2) is 4.79 Å². The van der Waals surface area contributed by atoms with E-state index in [9.17, 15) is 9.90 Å². The molecule has 1 aromatic carbocycles. The number of carbonyl (C=O) groups is 1. The maximum absolute atomic E-state index is 12.6. The fourth-order valence-electron chi connectivity index (χ4n) is 4.21. The zero-order valence-electron chi connectivity index (χ0n) is 21.0. The third-order valence-corrected chi connectivity index (χ3v) is 6.06. The van der Waals surface area contributed by atoms with Gasteiger partial charge in [0, 0.05) is 19.8 Å². The Hall–Kier alpha value is -2.15. The van der Waals surface area contributed by atoms with E-state index in [1.807, 2.05) is 58.1 Å². The molecule has 2 aliphatic rings. The summed E-state index contributed by atoms with van der Waals surface area (Å²) in [6, 6.07) is 3.82. The van der Waals surface area contributed by atoms with Gasteiger partial charge < -0.3 is 24.1 Å². The number of cyclic esters (lactones) is 1. The Bertz CT molecular complexity index is 927. The van der Waals surface area contributed by atoms with Gasteiger partial charge in [-0.15, -0.1) is 0 Å². The van der Waals surface area contributed by atoms with Crippen LogP contribution in [0.5, 0.6) is 5.75 Å². The van der Waals surface area contributed by atoms with Crippen LogP contribution in [-0.2, 0) is 14.2 Å². The minimum atomic E-state index is -0.984. The Balaban J connectivity index is 1.77. The van der Waals surface area contributed by atoms with Gasteiger partial charge in [-0.05, 0) is 57.2 Å². The summed E-state index contributed by atoms with van der Waals surface area (Å²) in [6.07, 6.45) is 8.03. The number of hydrogen-bond donors (Lipinski definition) is 1. The summed E-state index contributed by atoms with van der Waals surface area (Å²) >= 11 is 0. The molecule has 6 heteroatoms. The first-order valence-electron chi connectivity index (χ1n) is 11.7. The number of hydrogen-bond acceptors (Lipinski definition) is 6. The molecule has 0 aromatic heterocycles. The molecule has 5 atom stereocenters. The second kappa shape index (κ2) is 9.61. The number of benzene rings is 1. The lowest BCUT2D eigenvalue weighted by Crippen LogP contribution is -2.39. The molecule has 0 spiro atoms. The van der Waals surface area contributed by atoms with Gasteiger partial charge in [0.2, 0.25) is 5.79 Å². The van der Waals surface area contributed by atoms with Crippen molar-refractivity contribution >= 4 is 12.0 Å². The van der Waals surface area contributed by atoms with Gasteiger partial charge in [-0.1, -0.05) is 44.2 Å². The average molecular weight is 459 g/mol. The number of aryl methyl sites for hydroxylation is 1. The summed E-state index contributed by atoms with van der Waals surface area (Å²) in [4.78, 5) is 12.6. The zero-order chi connectivity index (χ0) is 24.6. The van der Waals surface area contributed by atoms with Crippen molar-refractivity contribution in [3.8, 4) is 5.75 Å². The third-order valence-electron chi connectivity index (χ3n) is 6.06. The zero-order valence-corrected chi connectivity index (χ0v) is 21.0. The fraction of sp³-hybridized carbons (Fsp3) is 0.593. The highest BCUT2D eigenvalue weighted by Crippen LogP contribution is 2.37. The summed E-state index contributed by atoms with van der Waals surface area (Å²) in [6.45, 7) is 15.1. The van der Waals surface area contributed by atoms with E-state index in [1.54, 1.807) is 20.8 Å². The Kier molecular flexibility index (Phi) is 7.42. The molecule has 1 saturated heterocycles. The molecule has 6 nitrogen and oxygen atoms in total. The largest absolute Gasteiger partial charge is 0.452 e. The van der Waals surface area contributed by atoms with Crippen LogP contribution in [0.1, 0.15) is 76.4 Å². The van der Waals surface area contributed by atoms with Crippen molar-refractivity contribution in [2.45, 2.75) is 91.7 Å². The summed E-state index contributed by atoms with van der Waals surface area (Å²) in [5.41, 5.74) is 2.21. The topological polar surface area (TPSA) is 74.2 Å². The molecule has 1 N–H and O–H groups in total. The maximum Gasteiger partial charge on any atom is 0.345 e. The van der Waals surface area contributed by atoms with Crippen LogP contribution in [0.4, 0.5) is 0 Å². The van der Waals surface area contributed by atoms with Crippen molar-refractivity contribution in [3.63, 3.8) is 0 Å². The molecule has 0 radical (unpaired) electrons. The molecule has 3 rings (SSSR count). The van der Waals surface area contributed by atoms with Crippen LogP contribution in [-0.4, -0.2) is 41.0 Å². The molecule has 0 saturated carbocycles. The van der Waals surface area contributed by atoms with Gasteiger partial charge in [0.1, 0.15) is 11.3 Å². The van der Waals surface area contributed by atoms with Crippen molar-refractivity contribution in [1.29, 1.82) is 0 Å². The van der Waals surface area contributed by atoms with Gasteiger partial charge in [0.25, 0.3) is 0 Å². The van der Waals surface area contributed by atoms with E-state index in [-0.39, 0.29) is 30.0 Å². The fourth-order valence-corrected chi connectivity index (χ4v) is 4.21. The highest BCUT2D eigenvalue weighted by atomic mass is 16.8. The van der Waals surface area contributed by atoms with Gasteiger partial charge in [0.05, 0.1) is 18.3 Å². The maximum atomic E-state index is 12.6. The molecule has 1 fully saturated rings. The van der Waals surface area contributed by atoms with E-state index in [4.69, 9.17) is 18.9 Å². The van der Waals surface area contributed by atoms with Gasteiger partial charge in [-0.2, -0.15) is 0 Å². The second-order valence-corrected chi connectivity index (χ2v) is 10.2. The Morgan fingerprint density at radius 2 is 1.73 bits per heavy atom. The number of rotatable bonds is 7. The molecule has 33 heavy (non-hydrogen) atoms. The normalized spacial score (nSPS) is 26.6. The quantitative estimate of drug-likeness (QED) is 0.435. The lowest BCUT2D eigenvalue weighted by atomic mass is 9.94. The average Bonchev–Trinajstić information content (AvgIpc) is 2.98. The minimum Gasteiger partial charge on any atom is -0.452 e. The predicted octanol–water partition coefficient (Wildman–Crippen LogP) is 5.41. The van der Waals surface area contributed by atoms with Crippen LogP contribution in [0.15, 0.2) is 30.4 Å². The smallest absolute Gasteiger partial charge is 0.345 e. The summed E-state index contributed by atoms with van der Waals surface area (Å²) < 4.78 is 23.7. The van der Waals surface area contributed by atoms with E-state index >= 15 is 0 Å². The van der Waals surface area contributed by atoms with E-state index in [1.165, 1.54) is 0 Å². The predicted molar refractivity (Wildman–Crippen MR) is 128 cm³/mol. The molecule has 1 unspecified atom stereocenters. The number of esters is 1. The van der Waals surface area contributed by atoms with E-state index in [0.29, 0.717) is 17.7 Å². The van der Waals surface area contributed by atoms with Crippen LogP contribution < -0.4 is 4.74 Å². The Morgan fingerprint density at radius 1 is 1.03 bits per heavy atom. The number of ether oxygens (including phenoxy) is 4. The highest BCUT2D eigenvalue weighted by Gasteiger charge is 2.42. The number of aliphatic hydroxyl groups excluding tert-OH is 1. The summed E-state index contributed by atoms with van der Waals surface area (Å²) in [7, 11) is 0. The van der Waals surface area contributed by atoms with Gasteiger partial charge >= 0.3 is 5.97 Å². The van der Waals surface area contributed by atoms with Crippen LogP contribution in [0.2, 0.25) is 0 Å². The first kappa shape index (κ1) is 25.5. The molecular formula is C27H38O6.